The Morgan fingerprint density at radius 1 is 0.821 bits per heavy atom. The largest absolute Gasteiger partial charge is 0.353 e. The summed E-state index contributed by atoms with van der Waals surface area (Å²) in [6, 6.07) is 19.3. The molecule has 0 aliphatic carbocycles. The summed E-state index contributed by atoms with van der Waals surface area (Å²) in [6.45, 7) is 3.44. The molecule has 0 radical (unpaired) electrons. The molecule has 4 rings (SSSR count). The van der Waals surface area contributed by atoms with Crippen LogP contribution in [0.3, 0.4) is 0 Å². The molecule has 1 aromatic carbocycles. The molecule has 0 saturated carbocycles. The number of nitrogens with zero attached hydrogens (tertiary/aromatic N) is 5. The van der Waals surface area contributed by atoms with Crippen molar-refractivity contribution in [2.75, 3.05) is 47.9 Å². The van der Waals surface area contributed by atoms with Crippen LogP contribution in [-0.4, -0.2) is 49.1 Å². The van der Waals surface area contributed by atoms with Crippen LogP contribution in [0.5, 0.6) is 0 Å². The van der Waals surface area contributed by atoms with Gasteiger partial charge in [-0.05, 0) is 36.4 Å². The van der Waals surface area contributed by atoms with Gasteiger partial charge in [-0.15, -0.1) is 0 Å². The number of rotatable bonds is 4. The van der Waals surface area contributed by atoms with Gasteiger partial charge < -0.3 is 14.7 Å². The first kappa shape index (κ1) is 18.0. The van der Waals surface area contributed by atoms with E-state index in [2.05, 4.69) is 19.8 Å². The maximum Gasteiger partial charge on any atom is 0.258 e. The number of anilines is 3. The van der Waals surface area contributed by atoms with Gasteiger partial charge in [0.1, 0.15) is 11.6 Å². The first-order chi connectivity index (χ1) is 13.7. The lowest BCUT2D eigenvalue weighted by Gasteiger charge is -2.36. The Morgan fingerprint density at radius 3 is 2.14 bits per heavy atom. The molecular formula is C22H23N5O. The maximum absolute atomic E-state index is 12.9. The molecule has 1 saturated heterocycles. The molecule has 1 fully saturated rings. The van der Waals surface area contributed by atoms with E-state index in [-0.39, 0.29) is 5.91 Å². The molecule has 0 unspecified atom stereocenters. The SMILES string of the molecule is CN(C(=O)c1ccnc(N2CCN(c3ccccn3)CC2)c1)c1ccccc1. The third-order valence-corrected chi connectivity index (χ3v) is 5.02. The van der Waals surface area contributed by atoms with Crippen molar-refractivity contribution in [3.8, 4) is 0 Å². The molecule has 0 N–H and O–H groups in total. The minimum Gasteiger partial charge on any atom is -0.353 e. The lowest BCUT2D eigenvalue weighted by molar-refractivity contribution is 0.0993. The number of hydrogen-bond acceptors (Lipinski definition) is 5. The summed E-state index contributed by atoms with van der Waals surface area (Å²) in [5.74, 6) is 1.80. The number of benzene rings is 1. The standard InChI is InChI=1S/C22H23N5O/c1-25(19-7-3-2-4-8-19)22(28)18-10-12-24-21(17-18)27-15-13-26(14-16-27)20-9-5-6-11-23-20/h2-12,17H,13-16H2,1H3. The van der Waals surface area contributed by atoms with Gasteiger partial charge in [0.2, 0.25) is 0 Å². The number of piperazine rings is 1. The summed E-state index contributed by atoms with van der Waals surface area (Å²) in [4.78, 5) is 28.0. The number of aromatic nitrogens is 2. The van der Waals surface area contributed by atoms with Crippen LogP contribution >= 0.6 is 0 Å². The predicted octanol–water partition coefficient (Wildman–Crippen LogP) is 3.08. The summed E-state index contributed by atoms with van der Waals surface area (Å²) in [5.41, 5.74) is 1.51. The number of carbonyl (C=O) groups excluding carboxylic acids is 1. The van der Waals surface area contributed by atoms with Gasteiger partial charge in [0.25, 0.3) is 5.91 Å². The van der Waals surface area contributed by atoms with E-state index in [9.17, 15) is 4.79 Å². The van der Waals surface area contributed by atoms with Crippen molar-refractivity contribution in [3.63, 3.8) is 0 Å². The number of amides is 1. The average Bonchev–Trinajstić information content (AvgIpc) is 2.79. The molecule has 0 atom stereocenters. The van der Waals surface area contributed by atoms with Crippen molar-refractivity contribution in [1.82, 2.24) is 9.97 Å². The zero-order valence-corrected chi connectivity index (χ0v) is 15.9. The van der Waals surface area contributed by atoms with E-state index in [1.165, 1.54) is 0 Å². The normalized spacial score (nSPS) is 14.0. The molecule has 0 bridgehead atoms. The van der Waals surface area contributed by atoms with E-state index in [4.69, 9.17) is 0 Å². The predicted molar refractivity (Wildman–Crippen MR) is 112 cm³/mol. The summed E-state index contributed by atoms with van der Waals surface area (Å²) in [6.07, 6.45) is 3.54. The van der Waals surface area contributed by atoms with Crippen LogP contribution in [-0.2, 0) is 0 Å². The van der Waals surface area contributed by atoms with E-state index in [0.717, 1.165) is 43.5 Å². The van der Waals surface area contributed by atoms with Crippen molar-refractivity contribution in [2.45, 2.75) is 0 Å². The van der Waals surface area contributed by atoms with Crippen LogP contribution in [0.4, 0.5) is 17.3 Å². The van der Waals surface area contributed by atoms with E-state index in [1.807, 2.05) is 60.8 Å². The van der Waals surface area contributed by atoms with E-state index >= 15 is 0 Å². The van der Waals surface area contributed by atoms with Gasteiger partial charge in [-0.3, -0.25) is 4.79 Å². The summed E-state index contributed by atoms with van der Waals surface area (Å²) < 4.78 is 0. The Bertz CT molecular complexity index is 924. The molecule has 0 spiro atoms. The van der Waals surface area contributed by atoms with E-state index in [0.29, 0.717) is 5.56 Å². The van der Waals surface area contributed by atoms with Gasteiger partial charge in [0, 0.05) is 56.9 Å². The highest BCUT2D eigenvalue weighted by atomic mass is 16.2. The Hall–Kier alpha value is -3.41. The van der Waals surface area contributed by atoms with Crippen LogP contribution in [0.1, 0.15) is 10.4 Å². The first-order valence-electron chi connectivity index (χ1n) is 9.42. The third kappa shape index (κ3) is 3.81. The second-order valence-electron chi connectivity index (χ2n) is 6.76. The molecule has 3 aromatic rings. The highest BCUT2D eigenvalue weighted by Crippen LogP contribution is 2.20. The van der Waals surface area contributed by atoms with Gasteiger partial charge in [-0.25, -0.2) is 9.97 Å². The van der Waals surface area contributed by atoms with Gasteiger partial charge in [0.05, 0.1) is 0 Å². The minimum atomic E-state index is -0.0398. The van der Waals surface area contributed by atoms with Crippen molar-refractivity contribution in [3.05, 3.63) is 78.6 Å². The summed E-state index contributed by atoms with van der Waals surface area (Å²) in [7, 11) is 1.80. The van der Waals surface area contributed by atoms with Crippen LogP contribution in [0.15, 0.2) is 73.1 Å². The van der Waals surface area contributed by atoms with Crippen molar-refractivity contribution in [2.24, 2.45) is 0 Å². The van der Waals surface area contributed by atoms with Gasteiger partial charge in [-0.1, -0.05) is 24.3 Å². The lowest BCUT2D eigenvalue weighted by atomic mass is 10.2. The summed E-state index contributed by atoms with van der Waals surface area (Å²) >= 11 is 0. The van der Waals surface area contributed by atoms with Crippen LogP contribution in [0.2, 0.25) is 0 Å². The fraction of sp³-hybridized carbons (Fsp3) is 0.227. The van der Waals surface area contributed by atoms with E-state index in [1.54, 1.807) is 24.2 Å². The third-order valence-electron chi connectivity index (χ3n) is 5.02. The van der Waals surface area contributed by atoms with Gasteiger partial charge in [0.15, 0.2) is 0 Å². The van der Waals surface area contributed by atoms with Crippen molar-refractivity contribution in [1.29, 1.82) is 0 Å². The smallest absolute Gasteiger partial charge is 0.258 e. The number of pyridine rings is 2. The quantitative estimate of drug-likeness (QED) is 0.703. The Balaban J connectivity index is 1.45. The number of para-hydroxylation sites is 1. The summed E-state index contributed by atoms with van der Waals surface area (Å²) in [5, 5.41) is 0. The molecule has 6 nitrogen and oxygen atoms in total. The monoisotopic (exact) mass is 373 g/mol. The molecule has 1 aliphatic heterocycles. The zero-order valence-electron chi connectivity index (χ0n) is 15.9. The fourth-order valence-corrected chi connectivity index (χ4v) is 3.39. The Labute approximate surface area is 165 Å². The van der Waals surface area contributed by atoms with Gasteiger partial charge in [-0.2, -0.15) is 0 Å². The maximum atomic E-state index is 12.9. The average molecular weight is 373 g/mol. The molecule has 6 heteroatoms. The Kier molecular flexibility index (Phi) is 5.19. The topological polar surface area (TPSA) is 52.6 Å². The molecular weight excluding hydrogens is 350 g/mol. The number of carbonyl (C=O) groups is 1. The molecule has 142 valence electrons. The molecule has 3 heterocycles. The van der Waals surface area contributed by atoms with Crippen molar-refractivity contribution < 1.29 is 4.79 Å². The van der Waals surface area contributed by atoms with Crippen LogP contribution < -0.4 is 14.7 Å². The van der Waals surface area contributed by atoms with E-state index < -0.39 is 0 Å². The highest BCUT2D eigenvalue weighted by molar-refractivity contribution is 6.06. The number of hydrogen-bond donors (Lipinski definition) is 0. The zero-order chi connectivity index (χ0) is 19.3. The van der Waals surface area contributed by atoms with Crippen molar-refractivity contribution >= 4 is 23.2 Å². The lowest BCUT2D eigenvalue weighted by Crippen LogP contribution is -2.47. The molecule has 28 heavy (non-hydrogen) atoms. The Morgan fingerprint density at radius 2 is 1.46 bits per heavy atom. The minimum absolute atomic E-state index is 0.0398. The second kappa shape index (κ2) is 8.08. The van der Waals surface area contributed by atoms with Crippen LogP contribution in [0.25, 0.3) is 0 Å². The van der Waals surface area contributed by atoms with Gasteiger partial charge >= 0.3 is 0 Å². The first-order valence-corrected chi connectivity index (χ1v) is 9.42. The fourth-order valence-electron chi connectivity index (χ4n) is 3.39. The molecule has 1 aliphatic rings. The molecule has 1 amide bonds. The second-order valence-corrected chi connectivity index (χ2v) is 6.76. The molecule has 2 aromatic heterocycles. The highest BCUT2D eigenvalue weighted by Gasteiger charge is 2.20. The van der Waals surface area contributed by atoms with Crippen LogP contribution in [0, 0.1) is 0 Å².